The van der Waals surface area contributed by atoms with Gasteiger partial charge >= 0.3 is 6.18 Å². The second-order valence-corrected chi connectivity index (χ2v) is 11.7. The van der Waals surface area contributed by atoms with E-state index in [0.717, 1.165) is 18.3 Å². The first kappa shape index (κ1) is 31.2. The van der Waals surface area contributed by atoms with Gasteiger partial charge in [-0.2, -0.15) is 13.2 Å². The van der Waals surface area contributed by atoms with Gasteiger partial charge in [-0.1, -0.05) is 53.5 Å². The highest BCUT2D eigenvalue weighted by molar-refractivity contribution is 6.76. The lowest BCUT2D eigenvalue weighted by atomic mass is 9.86. The number of hydrogen-bond donors (Lipinski definition) is 3. The third-order valence-corrected chi connectivity index (χ3v) is 7.12. The number of hydrogen-bond acceptors (Lipinski definition) is 7. The van der Waals surface area contributed by atoms with Crippen molar-refractivity contribution in [2.24, 2.45) is 5.92 Å². The molecule has 0 bridgehead atoms. The number of aromatic nitrogens is 3. The Kier molecular flexibility index (Phi) is 9.09. The van der Waals surface area contributed by atoms with Crippen LogP contribution in [0.2, 0.25) is 0 Å². The molecule has 3 aromatic rings. The molecule has 2 aromatic heterocycles. The average molecular weight is 641 g/mol. The molecule has 0 aliphatic carbocycles. The number of anilines is 2. The molecule has 1 saturated heterocycles. The standard InChI is InChI=1S/C27H23Cl3F3N7O2/c1-14(17-3-2-10-40(12-17)25(42)26(28,29)30)22-20(23(35)38-13-37-22)21(34)15-4-6-16(7-5-15)24(41)39-19-11-18(8-9-36-19)27(31,32)33/h4-9,11,13,17,34H,1-3,10,12H2,(H2,35,37,38)(H,36,39,41)/t17-/m1/s1. The summed E-state index contributed by atoms with van der Waals surface area (Å²) in [5.41, 5.74) is 6.68. The molecule has 220 valence electrons. The zero-order chi connectivity index (χ0) is 30.8. The van der Waals surface area contributed by atoms with Crippen LogP contribution in [0, 0.1) is 11.3 Å². The number of amides is 2. The predicted octanol–water partition coefficient (Wildman–Crippen LogP) is 5.76. The quantitative estimate of drug-likeness (QED) is 0.231. The van der Waals surface area contributed by atoms with Gasteiger partial charge in [-0.05, 0) is 42.7 Å². The maximum atomic E-state index is 13.0. The van der Waals surface area contributed by atoms with E-state index in [1.54, 1.807) is 0 Å². The number of pyridine rings is 1. The lowest BCUT2D eigenvalue weighted by molar-refractivity contribution is -0.137. The first-order valence-electron chi connectivity index (χ1n) is 12.4. The van der Waals surface area contributed by atoms with E-state index in [-0.39, 0.29) is 40.9 Å². The van der Waals surface area contributed by atoms with Crippen molar-refractivity contribution >= 4 is 69.5 Å². The summed E-state index contributed by atoms with van der Waals surface area (Å²) in [4.78, 5) is 38.7. The number of nitrogens with two attached hydrogens (primary N) is 1. The van der Waals surface area contributed by atoms with Crippen LogP contribution in [0.3, 0.4) is 0 Å². The van der Waals surface area contributed by atoms with E-state index >= 15 is 0 Å². The number of carbonyl (C=O) groups excluding carboxylic acids is 2. The molecule has 0 saturated carbocycles. The summed E-state index contributed by atoms with van der Waals surface area (Å²) in [6.07, 6.45) is -1.10. The molecule has 1 aromatic carbocycles. The fourth-order valence-corrected chi connectivity index (χ4v) is 4.86. The molecule has 0 spiro atoms. The van der Waals surface area contributed by atoms with Gasteiger partial charge in [0.15, 0.2) is 0 Å². The second-order valence-electron chi connectivity index (χ2n) is 9.43. The lowest BCUT2D eigenvalue weighted by Gasteiger charge is -2.35. The Hall–Kier alpha value is -3.74. The van der Waals surface area contributed by atoms with Crippen LogP contribution in [0.5, 0.6) is 0 Å². The van der Waals surface area contributed by atoms with E-state index in [0.29, 0.717) is 36.2 Å². The van der Waals surface area contributed by atoms with E-state index in [1.165, 1.54) is 35.5 Å². The normalized spacial score (nSPS) is 15.7. The maximum Gasteiger partial charge on any atom is 0.416 e. The molecule has 4 rings (SSSR count). The number of alkyl halides is 6. The zero-order valence-electron chi connectivity index (χ0n) is 21.7. The van der Waals surface area contributed by atoms with Crippen molar-refractivity contribution in [1.29, 1.82) is 5.41 Å². The van der Waals surface area contributed by atoms with Gasteiger partial charge < -0.3 is 16.0 Å². The highest BCUT2D eigenvalue weighted by Crippen LogP contribution is 2.36. The first-order valence-corrected chi connectivity index (χ1v) is 13.5. The van der Waals surface area contributed by atoms with Crippen LogP contribution in [0.1, 0.15) is 45.6 Å². The molecular formula is C27H23Cl3F3N7O2. The maximum absolute atomic E-state index is 13.0. The first-order chi connectivity index (χ1) is 19.7. The molecule has 42 heavy (non-hydrogen) atoms. The highest BCUT2D eigenvalue weighted by Gasteiger charge is 2.38. The van der Waals surface area contributed by atoms with Crippen LogP contribution in [0.15, 0.2) is 55.5 Å². The van der Waals surface area contributed by atoms with E-state index in [9.17, 15) is 22.8 Å². The third kappa shape index (κ3) is 7.00. The number of nitrogens with zero attached hydrogens (tertiary/aromatic N) is 4. The Labute approximate surface area is 253 Å². The summed E-state index contributed by atoms with van der Waals surface area (Å²) in [6.45, 7) is 4.81. The molecule has 3 heterocycles. The fourth-order valence-electron chi connectivity index (χ4n) is 4.50. The number of piperidine rings is 1. The lowest BCUT2D eigenvalue weighted by Crippen LogP contribution is -2.45. The average Bonchev–Trinajstić information content (AvgIpc) is 2.95. The Balaban J connectivity index is 1.53. The molecule has 1 aliphatic heterocycles. The monoisotopic (exact) mass is 639 g/mol. The molecule has 0 unspecified atom stereocenters. The Morgan fingerprint density at radius 2 is 1.74 bits per heavy atom. The van der Waals surface area contributed by atoms with Crippen molar-refractivity contribution in [3.63, 3.8) is 0 Å². The van der Waals surface area contributed by atoms with E-state index in [2.05, 4.69) is 26.8 Å². The molecule has 1 aliphatic rings. The van der Waals surface area contributed by atoms with E-state index < -0.39 is 27.3 Å². The number of carbonyl (C=O) groups is 2. The molecule has 15 heteroatoms. The molecule has 2 amide bonds. The van der Waals surface area contributed by atoms with Crippen molar-refractivity contribution in [2.75, 3.05) is 24.1 Å². The molecular weight excluding hydrogens is 618 g/mol. The molecule has 1 fully saturated rings. The minimum atomic E-state index is -4.59. The van der Waals surface area contributed by atoms with Crippen LogP contribution in [-0.2, 0) is 11.0 Å². The number of benzene rings is 1. The van der Waals surface area contributed by atoms with Crippen molar-refractivity contribution in [2.45, 2.75) is 22.8 Å². The summed E-state index contributed by atoms with van der Waals surface area (Å²) in [7, 11) is 0. The summed E-state index contributed by atoms with van der Waals surface area (Å²) in [6, 6.07) is 7.31. The number of rotatable bonds is 6. The molecule has 1 atom stereocenters. The number of nitrogen functional groups attached to an aromatic ring is 1. The van der Waals surface area contributed by atoms with Gasteiger partial charge in [0.1, 0.15) is 18.0 Å². The number of nitrogens with one attached hydrogen (secondary N) is 2. The molecule has 9 nitrogen and oxygen atoms in total. The Morgan fingerprint density at radius 1 is 1.07 bits per heavy atom. The number of halogens is 6. The van der Waals surface area contributed by atoms with Crippen LogP contribution in [0.4, 0.5) is 24.8 Å². The van der Waals surface area contributed by atoms with E-state index in [1.807, 2.05) is 0 Å². The van der Waals surface area contributed by atoms with Crippen LogP contribution >= 0.6 is 34.8 Å². The minimum absolute atomic E-state index is 0.0219. The fraction of sp³-hybridized carbons (Fsp3) is 0.259. The van der Waals surface area contributed by atoms with Crippen LogP contribution < -0.4 is 11.1 Å². The third-order valence-electron chi connectivity index (χ3n) is 6.64. The smallest absolute Gasteiger partial charge is 0.383 e. The summed E-state index contributed by atoms with van der Waals surface area (Å²) < 4.78 is 36.8. The zero-order valence-corrected chi connectivity index (χ0v) is 23.9. The van der Waals surface area contributed by atoms with Gasteiger partial charge in [0.05, 0.1) is 22.5 Å². The van der Waals surface area contributed by atoms with Gasteiger partial charge in [-0.3, -0.25) is 15.0 Å². The Bertz CT molecular complexity index is 1540. The predicted molar refractivity (Wildman–Crippen MR) is 155 cm³/mol. The SMILES string of the molecule is C=C(c1ncnc(N)c1C(=N)c1ccc(C(=O)Nc2cc(C(F)(F)F)ccn2)cc1)[C@@H]1CCCN(C(=O)C(Cl)(Cl)Cl)C1. The van der Waals surface area contributed by atoms with Crippen molar-refractivity contribution in [3.8, 4) is 0 Å². The van der Waals surface area contributed by atoms with Gasteiger partial charge in [-0.25, -0.2) is 15.0 Å². The minimum Gasteiger partial charge on any atom is -0.383 e. The highest BCUT2D eigenvalue weighted by atomic mass is 35.6. The van der Waals surface area contributed by atoms with E-state index in [4.69, 9.17) is 45.9 Å². The van der Waals surface area contributed by atoms with Gasteiger partial charge in [-0.15, -0.1) is 0 Å². The largest absolute Gasteiger partial charge is 0.416 e. The van der Waals surface area contributed by atoms with Crippen molar-refractivity contribution in [3.05, 3.63) is 83.4 Å². The van der Waals surface area contributed by atoms with Crippen molar-refractivity contribution in [1.82, 2.24) is 19.9 Å². The molecule has 4 N–H and O–H groups in total. The van der Waals surface area contributed by atoms with Gasteiger partial charge in [0.2, 0.25) is 0 Å². The summed E-state index contributed by atoms with van der Waals surface area (Å²) in [5, 5.41) is 11.2. The summed E-state index contributed by atoms with van der Waals surface area (Å²) in [5.74, 6) is -1.84. The van der Waals surface area contributed by atoms with Gasteiger partial charge in [0, 0.05) is 36.3 Å². The number of likely N-dealkylation sites (tertiary alicyclic amines) is 1. The molecule has 0 radical (unpaired) electrons. The van der Waals surface area contributed by atoms with Crippen LogP contribution in [0.25, 0.3) is 5.57 Å². The Morgan fingerprint density at radius 3 is 2.38 bits per heavy atom. The summed E-state index contributed by atoms with van der Waals surface area (Å²) >= 11 is 17.4. The second kappa shape index (κ2) is 12.2. The topological polar surface area (TPSA) is 138 Å². The van der Waals surface area contributed by atoms with Gasteiger partial charge in [0.25, 0.3) is 15.6 Å². The van der Waals surface area contributed by atoms with Crippen molar-refractivity contribution < 1.29 is 22.8 Å². The van der Waals surface area contributed by atoms with Crippen LogP contribution in [-0.4, -0.2) is 54.3 Å².